The van der Waals surface area contributed by atoms with E-state index >= 15 is 0 Å². The third-order valence-electron chi connectivity index (χ3n) is 3.73. The molecule has 0 aromatic carbocycles. The summed E-state index contributed by atoms with van der Waals surface area (Å²) in [5, 5.41) is 19.7. The van der Waals surface area contributed by atoms with Gasteiger partial charge in [0.15, 0.2) is 0 Å². The molecule has 0 aliphatic heterocycles. The topological polar surface area (TPSA) is 88.8 Å². The first kappa shape index (κ1) is 18.5. The lowest BCUT2D eigenvalue weighted by Crippen LogP contribution is -2.30. The molecular weight excluding hydrogens is 370 g/mol. The summed E-state index contributed by atoms with van der Waals surface area (Å²) in [6.07, 6.45) is 0.726. The molecular formula is C16H21N7OS2. The summed E-state index contributed by atoms with van der Waals surface area (Å²) in [4.78, 5) is 18.2. The van der Waals surface area contributed by atoms with E-state index < -0.39 is 0 Å². The molecule has 3 aromatic heterocycles. The van der Waals surface area contributed by atoms with Crippen molar-refractivity contribution in [2.75, 3.05) is 12.4 Å². The van der Waals surface area contributed by atoms with Gasteiger partial charge in [0.2, 0.25) is 5.13 Å². The maximum Gasteiger partial charge on any atom is 0.323 e. The third kappa shape index (κ3) is 4.64. The third-order valence-corrected chi connectivity index (χ3v) is 5.45. The lowest BCUT2D eigenvalue weighted by molar-refractivity contribution is 0.220. The minimum Gasteiger partial charge on any atom is -0.322 e. The van der Waals surface area contributed by atoms with Crippen molar-refractivity contribution in [2.45, 2.75) is 40.3 Å². The highest BCUT2D eigenvalue weighted by Crippen LogP contribution is 2.17. The number of carbonyl (C=O) groups is 1. The molecule has 0 unspecified atom stereocenters. The van der Waals surface area contributed by atoms with Gasteiger partial charge in [-0.3, -0.25) is 10.00 Å². The average molecular weight is 392 g/mol. The van der Waals surface area contributed by atoms with E-state index in [9.17, 15) is 4.79 Å². The van der Waals surface area contributed by atoms with Gasteiger partial charge in [-0.15, -0.1) is 21.5 Å². The molecule has 0 aliphatic rings. The summed E-state index contributed by atoms with van der Waals surface area (Å²) in [5.41, 5.74) is 3.01. The fraction of sp³-hybridized carbons (Fsp3) is 0.438. The van der Waals surface area contributed by atoms with E-state index in [1.54, 1.807) is 23.3 Å². The Bertz CT molecular complexity index is 898. The van der Waals surface area contributed by atoms with Crippen LogP contribution in [0.3, 0.4) is 0 Å². The molecule has 0 spiro atoms. The van der Waals surface area contributed by atoms with Gasteiger partial charge >= 0.3 is 6.03 Å². The fourth-order valence-corrected chi connectivity index (χ4v) is 3.81. The maximum absolute atomic E-state index is 12.3. The number of nitrogens with zero attached hydrogens (tertiary/aromatic N) is 6. The van der Waals surface area contributed by atoms with Crippen molar-refractivity contribution in [3.63, 3.8) is 0 Å². The van der Waals surface area contributed by atoms with Crippen molar-refractivity contribution >= 4 is 33.8 Å². The predicted molar refractivity (Wildman–Crippen MR) is 103 cm³/mol. The quantitative estimate of drug-likeness (QED) is 0.698. The Morgan fingerprint density at radius 2 is 2.12 bits per heavy atom. The Hall–Kier alpha value is -2.33. The minimum absolute atomic E-state index is 0.225. The van der Waals surface area contributed by atoms with Crippen LogP contribution in [-0.4, -0.2) is 42.9 Å². The number of rotatable bonds is 6. The van der Waals surface area contributed by atoms with Crippen LogP contribution in [0.4, 0.5) is 9.93 Å². The van der Waals surface area contributed by atoms with Crippen LogP contribution in [0.2, 0.25) is 0 Å². The first-order valence-corrected chi connectivity index (χ1v) is 9.87. The Balaban J connectivity index is 1.52. The van der Waals surface area contributed by atoms with Gasteiger partial charge < -0.3 is 4.90 Å². The van der Waals surface area contributed by atoms with E-state index in [1.165, 1.54) is 11.3 Å². The molecule has 0 atom stereocenters. The molecule has 0 bridgehead atoms. The minimum atomic E-state index is -0.225. The number of hydrogen-bond donors (Lipinski definition) is 1. The van der Waals surface area contributed by atoms with Crippen LogP contribution in [0.25, 0.3) is 0 Å². The van der Waals surface area contributed by atoms with E-state index in [-0.39, 0.29) is 6.03 Å². The van der Waals surface area contributed by atoms with Crippen LogP contribution >= 0.6 is 22.7 Å². The molecule has 1 N–H and O–H groups in total. The molecule has 3 heterocycles. The number of nitrogens with one attached hydrogen (secondary N) is 1. The van der Waals surface area contributed by atoms with Crippen molar-refractivity contribution in [3.8, 4) is 0 Å². The number of hydrogen-bond acceptors (Lipinski definition) is 7. The summed E-state index contributed by atoms with van der Waals surface area (Å²) >= 11 is 2.96. The Kier molecular flexibility index (Phi) is 5.62. The van der Waals surface area contributed by atoms with E-state index in [2.05, 4.69) is 25.6 Å². The van der Waals surface area contributed by atoms with E-state index in [0.717, 1.165) is 40.1 Å². The number of urea groups is 1. The molecule has 26 heavy (non-hydrogen) atoms. The summed E-state index contributed by atoms with van der Waals surface area (Å²) in [6.45, 7) is 7.16. The van der Waals surface area contributed by atoms with E-state index in [1.807, 2.05) is 36.9 Å². The Labute approximate surface area is 159 Å². The van der Waals surface area contributed by atoms with E-state index in [4.69, 9.17) is 0 Å². The second kappa shape index (κ2) is 7.92. The van der Waals surface area contributed by atoms with Crippen LogP contribution in [0, 0.1) is 20.8 Å². The molecule has 0 saturated carbocycles. The lowest BCUT2D eigenvalue weighted by atomic mass is 10.4. The summed E-state index contributed by atoms with van der Waals surface area (Å²) in [5.74, 6) is 0. The molecule has 3 rings (SSSR count). The largest absolute Gasteiger partial charge is 0.323 e. The van der Waals surface area contributed by atoms with Crippen LogP contribution in [0.5, 0.6) is 0 Å². The van der Waals surface area contributed by atoms with Gasteiger partial charge in [-0.2, -0.15) is 5.10 Å². The first-order chi connectivity index (χ1) is 12.4. The lowest BCUT2D eigenvalue weighted by Gasteiger charge is -2.15. The standard InChI is InChI=1S/C16H21N7OS2/c1-10-7-11(2)23(21-10)6-5-14-19-20-15(26-14)18-16(24)22(4)8-13-9-25-12(3)17-13/h7,9H,5-6,8H2,1-4H3,(H,18,20,24). The SMILES string of the molecule is Cc1cc(C)n(CCc2nnc(NC(=O)N(C)Cc3csc(C)n3)s2)n1. The van der Waals surface area contributed by atoms with Gasteiger partial charge in [0.05, 0.1) is 22.9 Å². The van der Waals surface area contributed by atoms with Crippen molar-refractivity contribution < 1.29 is 4.79 Å². The second-order valence-electron chi connectivity index (χ2n) is 6.05. The van der Waals surface area contributed by atoms with Crippen LogP contribution in [-0.2, 0) is 19.5 Å². The summed E-state index contributed by atoms with van der Waals surface area (Å²) in [7, 11) is 1.73. The van der Waals surface area contributed by atoms with Gasteiger partial charge in [-0.25, -0.2) is 9.78 Å². The van der Waals surface area contributed by atoms with Gasteiger partial charge in [0.25, 0.3) is 0 Å². The van der Waals surface area contributed by atoms with Gasteiger partial charge in [-0.1, -0.05) is 11.3 Å². The molecule has 3 aromatic rings. The second-order valence-corrected chi connectivity index (χ2v) is 8.17. The zero-order valence-corrected chi connectivity index (χ0v) is 16.8. The fourth-order valence-electron chi connectivity index (χ4n) is 2.49. The molecule has 0 aliphatic carbocycles. The number of carbonyl (C=O) groups excluding carboxylic acids is 1. The zero-order valence-electron chi connectivity index (χ0n) is 15.2. The van der Waals surface area contributed by atoms with Gasteiger partial charge in [0.1, 0.15) is 5.01 Å². The van der Waals surface area contributed by atoms with Gasteiger partial charge in [-0.05, 0) is 26.8 Å². The first-order valence-electron chi connectivity index (χ1n) is 8.17. The predicted octanol–water partition coefficient (Wildman–Crippen LogP) is 3.02. The molecule has 0 saturated heterocycles. The highest BCUT2D eigenvalue weighted by molar-refractivity contribution is 7.15. The number of amides is 2. The van der Waals surface area contributed by atoms with Gasteiger partial charge in [0, 0.05) is 31.1 Å². The Morgan fingerprint density at radius 3 is 2.77 bits per heavy atom. The molecule has 138 valence electrons. The average Bonchev–Trinajstić information content (AvgIpc) is 3.27. The zero-order chi connectivity index (χ0) is 18.7. The van der Waals surface area contributed by atoms with Crippen molar-refractivity contribution in [3.05, 3.63) is 38.5 Å². The van der Waals surface area contributed by atoms with Crippen molar-refractivity contribution in [2.24, 2.45) is 0 Å². The van der Waals surface area contributed by atoms with Crippen LogP contribution in [0.1, 0.15) is 27.1 Å². The molecule has 0 radical (unpaired) electrons. The van der Waals surface area contributed by atoms with E-state index in [0.29, 0.717) is 11.7 Å². The van der Waals surface area contributed by atoms with Crippen LogP contribution < -0.4 is 5.32 Å². The summed E-state index contributed by atoms with van der Waals surface area (Å²) in [6, 6.07) is 1.82. The smallest absolute Gasteiger partial charge is 0.322 e. The maximum atomic E-state index is 12.3. The number of thiazole rings is 1. The molecule has 10 heteroatoms. The van der Waals surface area contributed by atoms with Crippen molar-refractivity contribution in [1.82, 2.24) is 29.9 Å². The molecule has 8 nitrogen and oxygen atoms in total. The van der Waals surface area contributed by atoms with Crippen molar-refractivity contribution in [1.29, 1.82) is 0 Å². The molecule has 0 fully saturated rings. The number of anilines is 1. The normalized spacial score (nSPS) is 10.9. The molecule has 2 amide bonds. The highest BCUT2D eigenvalue weighted by atomic mass is 32.1. The number of aromatic nitrogens is 5. The monoisotopic (exact) mass is 391 g/mol. The highest BCUT2D eigenvalue weighted by Gasteiger charge is 2.14. The van der Waals surface area contributed by atoms with Crippen LogP contribution in [0.15, 0.2) is 11.4 Å². The Morgan fingerprint density at radius 1 is 1.31 bits per heavy atom. The summed E-state index contributed by atoms with van der Waals surface area (Å²) < 4.78 is 1.96. The number of aryl methyl sites for hydroxylation is 5.